The van der Waals surface area contributed by atoms with Crippen molar-refractivity contribution in [2.45, 2.75) is 33.1 Å². The fourth-order valence-corrected chi connectivity index (χ4v) is 2.99. The zero-order chi connectivity index (χ0) is 14.7. The van der Waals surface area contributed by atoms with E-state index in [1.165, 1.54) is 12.5 Å². The first-order chi connectivity index (χ1) is 9.47. The maximum atomic E-state index is 11.1. The van der Waals surface area contributed by atoms with E-state index < -0.39 is 5.97 Å². The highest BCUT2D eigenvalue weighted by molar-refractivity contribution is 6.29. The van der Waals surface area contributed by atoms with Gasteiger partial charge in [-0.25, -0.2) is 9.78 Å². The van der Waals surface area contributed by atoms with Gasteiger partial charge < -0.3 is 10.0 Å². The van der Waals surface area contributed by atoms with Crippen molar-refractivity contribution in [1.82, 2.24) is 4.98 Å². The Kier molecular flexibility index (Phi) is 4.86. The molecule has 20 heavy (non-hydrogen) atoms. The fraction of sp³-hybridized carbons (Fsp3) is 0.600. The minimum atomic E-state index is -0.967. The quantitative estimate of drug-likeness (QED) is 0.864. The van der Waals surface area contributed by atoms with Crippen molar-refractivity contribution in [3.63, 3.8) is 0 Å². The van der Waals surface area contributed by atoms with E-state index in [9.17, 15) is 4.79 Å². The van der Waals surface area contributed by atoms with E-state index in [1.807, 2.05) is 0 Å². The molecule has 1 aliphatic heterocycles. The summed E-state index contributed by atoms with van der Waals surface area (Å²) in [5.74, 6) is 1.14. The van der Waals surface area contributed by atoms with Crippen LogP contribution in [0.2, 0.25) is 5.15 Å². The Morgan fingerprint density at radius 2 is 2.15 bits per heavy atom. The van der Waals surface area contributed by atoms with Gasteiger partial charge in [-0.15, -0.1) is 0 Å². The smallest absolute Gasteiger partial charge is 0.335 e. The Morgan fingerprint density at radius 1 is 1.40 bits per heavy atom. The molecule has 1 saturated heterocycles. The van der Waals surface area contributed by atoms with E-state index in [1.54, 1.807) is 6.07 Å². The number of carboxylic acids is 1. The normalized spacial score (nSPS) is 20.0. The molecule has 1 aromatic rings. The molecule has 0 amide bonds. The van der Waals surface area contributed by atoms with Crippen LogP contribution in [0.25, 0.3) is 0 Å². The van der Waals surface area contributed by atoms with Crippen molar-refractivity contribution in [2.75, 3.05) is 18.0 Å². The lowest BCUT2D eigenvalue weighted by Gasteiger charge is -2.23. The third-order valence-corrected chi connectivity index (χ3v) is 4.26. The first-order valence-corrected chi connectivity index (χ1v) is 7.51. The molecule has 4 nitrogen and oxygen atoms in total. The number of rotatable bonds is 3. The average Bonchev–Trinajstić information content (AvgIpc) is 2.63. The number of aromatic nitrogens is 1. The fourth-order valence-electron chi connectivity index (χ4n) is 2.79. The van der Waals surface area contributed by atoms with E-state index in [2.05, 4.69) is 23.7 Å². The van der Waals surface area contributed by atoms with Gasteiger partial charge in [0, 0.05) is 13.1 Å². The molecule has 0 bridgehead atoms. The molecule has 2 heterocycles. The molecule has 0 aliphatic carbocycles. The summed E-state index contributed by atoms with van der Waals surface area (Å²) in [7, 11) is 0. The monoisotopic (exact) mass is 296 g/mol. The minimum Gasteiger partial charge on any atom is -0.478 e. The average molecular weight is 297 g/mol. The Hall–Kier alpha value is -1.29. The van der Waals surface area contributed by atoms with Crippen LogP contribution in [0.3, 0.4) is 0 Å². The summed E-state index contributed by atoms with van der Waals surface area (Å²) in [6.45, 7) is 6.35. The van der Waals surface area contributed by atoms with Crippen molar-refractivity contribution in [2.24, 2.45) is 11.8 Å². The molecule has 1 aliphatic rings. The van der Waals surface area contributed by atoms with Crippen LogP contribution in [0.5, 0.6) is 0 Å². The summed E-state index contributed by atoms with van der Waals surface area (Å²) in [5.41, 5.74) is 0.199. The highest BCUT2D eigenvalue weighted by Crippen LogP contribution is 2.27. The summed E-state index contributed by atoms with van der Waals surface area (Å²) in [4.78, 5) is 17.5. The van der Waals surface area contributed by atoms with Crippen LogP contribution in [-0.2, 0) is 0 Å². The van der Waals surface area contributed by atoms with Gasteiger partial charge in [0.2, 0.25) is 0 Å². The van der Waals surface area contributed by atoms with E-state index in [4.69, 9.17) is 16.7 Å². The maximum absolute atomic E-state index is 11.1. The third-order valence-electron chi connectivity index (χ3n) is 4.07. The van der Waals surface area contributed by atoms with E-state index >= 15 is 0 Å². The minimum absolute atomic E-state index is 0.199. The van der Waals surface area contributed by atoms with Crippen LogP contribution in [0, 0.1) is 11.8 Å². The Balaban J connectivity index is 2.17. The molecule has 1 unspecified atom stereocenters. The number of anilines is 1. The predicted molar refractivity (Wildman–Crippen MR) is 80.6 cm³/mol. The molecular formula is C15H21ClN2O2. The van der Waals surface area contributed by atoms with Gasteiger partial charge in [0.1, 0.15) is 11.0 Å². The van der Waals surface area contributed by atoms with E-state index in [-0.39, 0.29) is 10.7 Å². The summed E-state index contributed by atoms with van der Waals surface area (Å²) in [6, 6.07) is 3.01. The lowest BCUT2D eigenvalue weighted by molar-refractivity contribution is 0.0697. The number of halogens is 1. The summed E-state index contributed by atoms with van der Waals surface area (Å²) >= 11 is 5.93. The van der Waals surface area contributed by atoms with Crippen LogP contribution >= 0.6 is 11.6 Å². The lowest BCUT2D eigenvalue weighted by Crippen LogP contribution is -2.26. The van der Waals surface area contributed by atoms with Crippen molar-refractivity contribution < 1.29 is 9.90 Å². The maximum Gasteiger partial charge on any atom is 0.335 e. The van der Waals surface area contributed by atoms with Gasteiger partial charge in [0.15, 0.2) is 0 Å². The highest BCUT2D eigenvalue weighted by Gasteiger charge is 2.21. The number of carboxylic acid groups (broad SMARTS) is 1. The van der Waals surface area contributed by atoms with E-state index in [0.29, 0.717) is 11.7 Å². The van der Waals surface area contributed by atoms with E-state index in [0.717, 1.165) is 31.8 Å². The van der Waals surface area contributed by atoms with Crippen molar-refractivity contribution >= 4 is 23.4 Å². The van der Waals surface area contributed by atoms with Gasteiger partial charge in [0.05, 0.1) is 5.56 Å². The van der Waals surface area contributed by atoms with Gasteiger partial charge in [-0.05, 0) is 43.2 Å². The molecule has 110 valence electrons. The topological polar surface area (TPSA) is 53.4 Å². The number of carbonyl (C=O) groups is 1. The lowest BCUT2D eigenvalue weighted by atomic mass is 9.89. The first-order valence-electron chi connectivity index (χ1n) is 7.13. The SMILES string of the molecule is CC(C)C1CCCN(c2cc(C(=O)O)cc(Cl)n2)CC1. The Bertz CT molecular complexity index is 491. The largest absolute Gasteiger partial charge is 0.478 e. The number of hydrogen-bond donors (Lipinski definition) is 1. The second-order valence-corrected chi connectivity index (χ2v) is 6.15. The molecule has 0 radical (unpaired) electrons. The van der Waals surface area contributed by atoms with Crippen LogP contribution in [-0.4, -0.2) is 29.1 Å². The first kappa shape index (κ1) is 15.1. The van der Waals surface area contributed by atoms with Gasteiger partial charge in [-0.2, -0.15) is 0 Å². The number of hydrogen-bond acceptors (Lipinski definition) is 3. The van der Waals surface area contributed by atoms with Crippen molar-refractivity contribution in [3.05, 3.63) is 22.8 Å². The summed E-state index contributed by atoms with van der Waals surface area (Å²) in [5, 5.41) is 9.34. The van der Waals surface area contributed by atoms with Crippen LogP contribution in [0.4, 0.5) is 5.82 Å². The Morgan fingerprint density at radius 3 is 2.80 bits per heavy atom. The molecule has 0 aromatic carbocycles. The van der Waals surface area contributed by atoms with Crippen molar-refractivity contribution in [3.8, 4) is 0 Å². The van der Waals surface area contributed by atoms with Gasteiger partial charge in [0.25, 0.3) is 0 Å². The molecule has 1 fully saturated rings. The molecule has 2 rings (SSSR count). The highest BCUT2D eigenvalue weighted by atomic mass is 35.5. The molecule has 1 atom stereocenters. The van der Waals surface area contributed by atoms with Crippen molar-refractivity contribution in [1.29, 1.82) is 0 Å². The zero-order valence-corrected chi connectivity index (χ0v) is 12.7. The molecule has 1 aromatic heterocycles. The molecule has 0 spiro atoms. The molecule has 0 saturated carbocycles. The third kappa shape index (κ3) is 3.63. The molecular weight excluding hydrogens is 276 g/mol. The number of pyridine rings is 1. The molecule has 1 N–H and O–H groups in total. The van der Waals surface area contributed by atoms with Crippen LogP contribution < -0.4 is 4.90 Å². The van der Waals surface area contributed by atoms with Crippen LogP contribution in [0.15, 0.2) is 12.1 Å². The number of aromatic carboxylic acids is 1. The standard InChI is InChI=1S/C15H21ClN2O2/c1-10(2)11-4-3-6-18(7-5-11)14-9-12(15(19)20)8-13(16)17-14/h8-11H,3-7H2,1-2H3,(H,19,20). The van der Waals surface area contributed by atoms with Crippen LogP contribution in [0.1, 0.15) is 43.5 Å². The van der Waals surface area contributed by atoms with Gasteiger partial charge >= 0.3 is 5.97 Å². The van der Waals surface area contributed by atoms with Gasteiger partial charge in [-0.1, -0.05) is 25.4 Å². The van der Waals surface area contributed by atoms with Gasteiger partial charge in [-0.3, -0.25) is 0 Å². The molecule has 5 heteroatoms. The predicted octanol–water partition coefficient (Wildman–Crippen LogP) is 3.70. The second-order valence-electron chi connectivity index (χ2n) is 5.76. The Labute approximate surface area is 124 Å². The summed E-state index contributed by atoms with van der Waals surface area (Å²) in [6.07, 6.45) is 3.45. The second kappa shape index (κ2) is 6.44. The summed E-state index contributed by atoms with van der Waals surface area (Å²) < 4.78 is 0. The number of nitrogens with zero attached hydrogens (tertiary/aromatic N) is 2. The zero-order valence-electron chi connectivity index (χ0n) is 12.0.